The van der Waals surface area contributed by atoms with Crippen molar-refractivity contribution in [2.24, 2.45) is 91.7 Å². The predicted molar refractivity (Wildman–Crippen MR) is 424 cm³/mol. The van der Waals surface area contributed by atoms with E-state index in [1.165, 1.54) is 70.6 Å². The molecular formula is C91H158O16. The summed E-state index contributed by atoms with van der Waals surface area (Å²) in [7, 11) is 0. The zero-order valence-electron chi connectivity index (χ0n) is 73.1. The first-order chi connectivity index (χ1) is 50.0. The molecule has 15 fully saturated rings. The van der Waals surface area contributed by atoms with Crippen LogP contribution in [0.2, 0.25) is 0 Å². The van der Waals surface area contributed by atoms with E-state index in [0.717, 1.165) is 127 Å². The van der Waals surface area contributed by atoms with E-state index in [1.54, 1.807) is 13.8 Å². The summed E-state index contributed by atoms with van der Waals surface area (Å²) in [5, 5.41) is 0. The number of carbonyl (C=O) groups is 8. The molecule has 0 aliphatic heterocycles. The molecule has 107 heavy (non-hydrogen) atoms. The van der Waals surface area contributed by atoms with Crippen LogP contribution in [0.3, 0.4) is 0 Å². The molecule has 0 N–H and O–H groups in total. The molecule has 0 aromatic carbocycles. The van der Waals surface area contributed by atoms with Gasteiger partial charge in [-0.25, -0.2) is 9.59 Å². The molecule has 0 aromatic rings. The van der Waals surface area contributed by atoms with E-state index < -0.39 is 66.8 Å². The first kappa shape index (κ1) is 93.4. The van der Waals surface area contributed by atoms with E-state index in [4.69, 9.17) is 37.9 Å². The van der Waals surface area contributed by atoms with Gasteiger partial charge in [0.1, 0.15) is 33.6 Å². The van der Waals surface area contributed by atoms with Gasteiger partial charge in [0.25, 0.3) is 0 Å². The minimum atomic E-state index is -0.556. The second kappa shape index (κ2) is 38.1. The summed E-state index contributed by atoms with van der Waals surface area (Å²) in [4.78, 5) is 100. The molecule has 618 valence electrons. The Hall–Kier alpha value is -4.24. The van der Waals surface area contributed by atoms with Crippen molar-refractivity contribution in [3.8, 4) is 0 Å². The molecule has 12 bridgehead atoms. The Morgan fingerprint density at radius 1 is 0.346 bits per heavy atom. The first-order valence-corrected chi connectivity index (χ1v) is 43.7. The van der Waals surface area contributed by atoms with Crippen molar-refractivity contribution in [3.63, 3.8) is 0 Å². The molecule has 0 radical (unpaired) electrons. The second-order valence-electron chi connectivity index (χ2n) is 38.8. The van der Waals surface area contributed by atoms with Crippen molar-refractivity contribution in [1.29, 1.82) is 0 Å². The first-order valence-electron chi connectivity index (χ1n) is 43.7. The van der Waals surface area contributed by atoms with Crippen LogP contribution in [0.1, 0.15) is 392 Å². The highest BCUT2D eigenvalue weighted by Crippen LogP contribution is 2.67. The van der Waals surface area contributed by atoms with Crippen molar-refractivity contribution in [2.45, 2.75) is 426 Å². The van der Waals surface area contributed by atoms with Gasteiger partial charge in [0, 0.05) is 12.8 Å². The van der Waals surface area contributed by atoms with E-state index in [1.807, 2.05) is 152 Å². The van der Waals surface area contributed by atoms with E-state index in [0.29, 0.717) is 73.0 Å². The largest absolute Gasteiger partial charge is 0.459 e. The standard InChI is InChI=1S/C28H42O4.C24H38O4.C17H30O4.C14H24O4.4C2H6/c1-5-25(2,3)23(29)32-28-14-19-7-20(15-28)13-27(12-19,16-28)24(30)31-26(4)21-8-17-6-18(10-21)11-22(26)9-17;1-5-21(2,3)19(25)28-24-14-17-11-18(15-24)13-23(12-17,16-24)20(26)27-22(4)9-7-6-8-10-22;1-6-16(2,3)15(19)20-12-14(18)21-17(4,5)13-10-8-7-9-11-13;1-6-13(2,3)12(16)17-9-11(15)18-14(4,5)10-7-8-10;4*1-2/h17-22H,5-16H2,1-4H3;17-18H,5-16H2,1-4H3;13H,6-12H2,1-5H3;10H,6-9H2,1-5H3;4*1-2H3. The fourth-order valence-corrected chi connectivity index (χ4v) is 20.7. The molecule has 0 saturated heterocycles. The lowest BCUT2D eigenvalue weighted by Crippen LogP contribution is -2.63. The van der Waals surface area contributed by atoms with Crippen LogP contribution in [0.5, 0.6) is 0 Å². The Morgan fingerprint density at radius 2 is 0.645 bits per heavy atom. The summed E-state index contributed by atoms with van der Waals surface area (Å²) in [6.07, 6.45) is 34.1. The maximum absolute atomic E-state index is 14.0. The van der Waals surface area contributed by atoms with E-state index in [2.05, 4.69) is 13.8 Å². The second-order valence-corrected chi connectivity index (χ2v) is 38.8. The van der Waals surface area contributed by atoms with Gasteiger partial charge in [0.15, 0.2) is 13.2 Å². The molecule has 0 aromatic heterocycles. The third-order valence-corrected chi connectivity index (χ3v) is 28.1. The van der Waals surface area contributed by atoms with E-state index >= 15 is 0 Å². The molecule has 0 amide bonds. The maximum Gasteiger partial charge on any atom is 0.344 e. The van der Waals surface area contributed by atoms with Crippen LogP contribution in [0.15, 0.2) is 0 Å². The third-order valence-electron chi connectivity index (χ3n) is 28.1. The number of hydrogen-bond donors (Lipinski definition) is 0. The summed E-state index contributed by atoms with van der Waals surface area (Å²) in [5.74, 6) is 3.90. The molecule has 15 aliphatic carbocycles. The Balaban J connectivity index is 0.000000253. The molecule has 15 saturated carbocycles. The molecule has 0 spiro atoms. The van der Waals surface area contributed by atoms with E-state index in [-0.39, 0.29) is 60.2 Å². The maximum atomic E-state index is 14.0. The molecule has 4 unspecified atom stereocenters. The molecular weight excluding hydrogens is 1350 g/mol. The minimum Gasteiger partial charge on any atom is -0.459 e. The summed E-state index contributed by atoms with van der Waals surface area (Å²) in [6, 6.07) is 0. The zero-order valence-corrected chi connectivity index (χ0v) is 73.1. The Kier molecular flexibility index (Phi) is 33.2. The predicted octanol–water partition coefficient (Wildman–Crippen LogP) is 22.3. The monoisotopic (exact) mass is 1510 g/mol. The third kappa shape index (κ3) is 23.2. The topological polar surface area (TPSA) is 210 Å². The van der Waals surface area contributed by atoms with Gasteiger partial charge in [0.2, 0.25) is 0 Å². The Morgan fingerprint density at radius 3 is 0.972 bits per heavy atom. The van der Waals surface area contributed by atoms with Gasteiger partial charge in [-0.15, -0.1) is 0 Å². The quantitative estimate of drug-likeness (QED) is 0.0729. The van der Waals surface area contributed by atoms with Crippen LogP contribution in [0.4, 0.5) is 0 Å². The van der Waals surface area contributed by atoms with Crippen LogP contribution >= 0.6 is 0 Å². The zero-order chi connectivity index (χ0) is 80.8. The Bertz CT molecular complexity index is 2850. The highest BCUT2D eigenvalue weighted by atomic mass is 16.6. The van der Waals surface area contributed by atoms with Crippen LogP contribution < -0.4 is 0 Å². The summed E-state index contributed by atoms with van der Waals surface area (Å²) in [6.45, 7) is 50.5. The van der Waals surface area contributed by atoms with Gasteiger partial charge >= 0.3 is 47.8 Å². The van der Waals surface area contributed by atoms with Gasteiger partial charge in [-0.3, -0.25) is 28.8 Å². The van der Waals surface area contributed by atoms with Crippen molar-refractivity contribution >= 4 is 47.8 Å². The molecule has 15 aliphatic rings. The molecule has 0 heterocycles. The van der Waals surface area contributed by atoms with Crippen LogP contribution in [-0.2, 0) is 76.3 Å². The van der Waals surface area contributed by atoms with Crippen molar-refractivity contribution in [3.05, 3.63) is 0 Å². The molecule has 15 rings (SSSR count). The van der Waals surface area contributed by atoms with Gasteiger partial charge < -0.3 is 37.9 Å². The highest BCUT2D eigenvalue weighted by Gasteiger charge is 2.67. The average Bonchev–Trinajstić information content (AvgIpc) is 1.22. The van der Waals surface area contributed by atoms with Crippen LogP contribution in [0, 0.1) is 91.7 Å². The Labute approximate surface area is 651 Å². The number of hydrogen-bond acceptors (Lipinski definition) is 16. The molecule has 16 nitrogen and oxygen atoms in total. The number of carbonyl (C=O) groups excluding carboxylic acids is 8. The lowest BCUT2D eigenvalue weighted by molar-refractivity contribution is -0.238. The fourth-order valence-electron chi connectivity index (χ4n) is 20.7. The molecule has 4 atom stereocenters. The van der Waals surface area contributed by atoms with Crippen molar-refractivity contribution in [2.75, 3.05) is 13.2 Å². The highest BCUT2D eigenvalue weighted by molar-refractivity contribution is 5.82. The number of rotatable bonds is 22. The number of ether oxygens (including phenoxy) is 8. The fraction of sp³-hybridized carbons (Fsp3) is 0.912. The summed E-state index contributed by atoms with van der Waals surface area (Å²) < 4.78 is 46.4. The van der Waals surface area contributed by atoms with Crippen LogP contribution in [-0.4, -0.2) is 94.6 Å². The lowest BCUT2D eigenvalue weighted by atomic mass is 9.47. The van der Waals surface area contributed by atoms with Crippen molar-refractivity contribution in [1.82, 2.24) is 0 Å². The number of esters is 8. The average molecular weight is 1510 g/mol. The normalized spacial score (nSPS) is 31.6. The lowest BCUT2D eigenvalue weighted by Gasteiger charge is -2.62. The SMILES string of the molecule is CC.CC.CC.CC.CCC(C)(C)C(=O)OC12CC3CC(C1)CC(C(=O)OC1(C)C4CC5CC(C4)CC1C5)(C3)C2.CCC(C)(C)C(=O)OC12CC3CC(C1)CC(C(=O)OC1(C)CCCCC1)(C3)C2.CCC(C)(C)C(=O)OCC(=O)OC(C)(C)C1CC1.CCC(C)(C)C(=O)OCC(=O)OC(C)(C)C1CCCCC1. The van der Waals surface area contributed by atoms with E-state index in [9.17, 15) is 38.4 Å². The van der Waals surface area contributed by atoms with Gasteiger partial charge in [-0.1, -0.05) is 109 Å². The summed E-state index contributed by atoms with van der Waals surface area (Å²) in [5.41, 5.74) is -5.29. The smallest absolute Gasteiger partial charge is 0.344 e. The summed E-state index contributed by atoms with van der Waals surface area (Å²) >= 11 is 0. The molecule has 16 heteroatoms. The van der Waals surface area contributed by atoms with Crippen LogP contribution in [0.25, 0.3) is 0 Å². The van der Waals surface area contributed by atoms with Crippen molar-refractivity contribution < 1.29 is 76.3 Å². The van der Waals surface area contributed by atoms with Gasteiger partial charge in [-0.05, 0) is 329 Å². The van der Waals surface area contributed by atoms with Gasteiger partial charge in [-0.2, -0.15) is 0 Å². The minimum absolute atomic E-state index is 0.00109. The van der Waals surface area contributed by atoms with Gasteiger partial charge in [0.05, 0.1) is 32.5 Å².